The van der Waals surface area contributed by atoms with Gasteiger partial charge in [-0.1, -0.05) is 58.0 Å². The van der Waals surface area contributed by atoms with E-state index in [-0.39, 0.29) is 20.9 Å². The summed E-state index contributed by atoms with van der Waals surface area (Å²) >= 11 is 4.03. The molecule has 0 amide bonds. The summed E-state index contributed by atoms with van der Waals surface area (Å²) in [7, 11) is 1.43. The Bertz CT molecular complexity index is 922. The van der Waals surface area contributed by atoms with Crippen molar-refractivity contribution in [1.82, 2.24) is 0 Å². The van der Waals surface area contributed by atoms with Crippen molar-refractivity contribution < 1.29 is 9.53 Å². The van der Waals surface area contributed by atoms with Gasteiger partial charge in [-0.2, -0.15) is 0 Å². The van der Waals surface area contributed by atoms with Gasteiger partial charge in [-0.25, -0.2) is 4.79 Å². The highest BCUT2D eigenvalue weighted by Crippen LogP contribution is 2.57. The molecule has 4 rings (SSSR count). The van der Waals surface area contributed by atoms with Gasteiger partial charge in [0.25, 0.3) is 0 Å². The van der Waals surface area contributed by atoms with Crippen LogP contribution in [0.1, 0.15) is 73.1 Å². The minimum absolute atomic E-state index is 0.110. The van der Waals surface area contributed by atoms with Crippen molar-refractivity contribution in [2.24, 2.45) is 0 Å². The van der Waals surface area contributed by atoms with Crippen molar-refractivity contribution in [2.45, 2.75) is 55.4 Å². The number of ether oxygens (including phenoxy) is 1. The van der Waals surface area contributed by atoms with E-state index in [0.717, 1.165) is 11.5 Å². The molecule has 2 aromatic carbocycles. The quantitative estimate of drug-likeness (QED) is 0.523. The maximum atomic E-state index is 11.9. The zero-order chi connectivity index (χ0) is 20.9. The Morgan fingerprint density at radius 3 is 1.97 bits per heavy atom. The van der Waals surface area contributed by atoms with Gasteiger partial charge in [0.15, 0.2) is 0 Å². The fourth-order valence-corrected chi connectivity index (χ4v) is 7.92. The van der Waals surface area contributed by atoms with Crippen LogP contribution in [0.15, 0.2) is 42.5 Å². The number of carbonyl (C=O) groups excluding carboxylic acids is 1. The van der Waals surface area contributed by atoms with Crippen LogP contribution in [0.3, 0.4) is 0 Å². The van der Waals surface area contributed by atoms with E-state index in [1.807, 2.05) is 35.7 Å². The first-order chi connectivity index (χ1) is 13.7. The summed E-state index contributed by atoms with van der Waals surface area (Å²) in [5, 5.41) is 0. The van der Waals surface area contributed by atoms with Crippen molar-refractivity contribution in [3.05, 3.63) is 70.3 Å². The van der Waals surface area contributed by atoms with Gasteiger partial charge in [0.05, 0.1) is 12.7 Å². The van der Waals surface area contributed by atoms with Gasteiger partial charge in [-0.05, 0) is 58.1 Å². The van der Waals surface area contributed by atoms with Crippen LogP contribution < -0.4 is 0 Å². The summed E-state index contributed by atoms with van der Waals surface area (Å²) in [5.74, 6) is 1.99. The van der Waals surface area contributed by atoms with E-state index < -0.39 is 0 Å². The van der Waals surface area contributed by atoms with E-state index in [9.17, 15) is 4.79 Å². The van der Waals surface area contributed by atoms with Crippen LogP contribution in [0.2, 0.25) is 0 Å². The average Bonchev–Trinajstić information content (AvgIpc) is 3.22. The van der Waals surface area contributed by atoms with Crippen LogP contribution in [-0.4, -0.2) is 24.6 Å². The maximum absolute atomic E-state index is 11.9. The monoisotopic (exact) mass is 426 g/mol. The Balaban J connectivity index is 1.82. The largest absolute Gasteiger partial charge is 0.465 e. The van der Waals surface area contributed by atoms with Gasteiger partial charge in [0, 0.05) is 11.5 Å². The lowest BCUT2D eigenvalue weighted by molar-refractivity contribution is 0.0600. The number of methoxy groups -OCH3 is 1. The summed E-state index contributed by atoms with van der Waals surface area (Å²) in [6.07, 6.45) is 2.45. The highest BCUT2D eigenvalue weighted by Gasteiger charge is 2.42. The van der Waals surface area contributed by atoms with Crippen molar-refractivity contribution >= 4 is 29.5 Å². The zero-order valence-electron chi connectivity index (χ0n) is 18.0. The average molecular weight is 427 g/mol. The van der Waals surface area contributed by atoms with Gasteiger partial charge < -0.3 is 4.74 Å². The van der Waals surface area contributed by atoms with E-state index in [4.69, 9.17) is 4.74 Å². The Kier molecular flexibility index (Phi) is 5.31. The second kappa shape index (κ2) is 7.39. The van der Waals surface area contributed by atoms with E-state index in [0.29, 0.717) is 5.56 Å². The first-order valence-corrected chi connectivity index (χ1v) is 12.3. The third-order valence-corrected chi connectivity index (χ3v) is 10.2. The fourth-order valence-electron chi connectivity index (χ4n) is 4.65. The van der Waals surface area contributed by atoms with E-state index >= 15 is 0 Å². The lowest BCUT2D eigenvalue weighted by Crippen LogP contribution is -2.34. The van der Waals surface area contributed by atoms with Gasteiger partial charge in [-0.15, -0.1) is 23.5 Å². The molecule has 0 saturated carbocycles. The van der Waals surface area contributed by atoms with Crippen molar-refractivity contribution in [3.8, 4) is 0 Å². The molecule has 0 aromatic heterocycles. The SMILES string of the molecule is COC(=O)c1ccc(C2(c3ccc4c(c3)C(C)(C)CCC4(C)C)SCCS2)cc1. The number of hydrogen-bond acceptors (Lipinski definition) is 4. The molecule has 0 atom stereocenters. The standard InChI is InChI=1S/C25H30O2S2/c1-23(2)12-13-24(3,4)21-16-19(10-11-20(21)23)25(28-14-15-29-25)18-8-6-17(7-9-18)22(26)27-5/h6-11,16H,12-15H2,1-5H3. The first-order valence-electron chi connectivity index (χ1n) is 10.3. The lowest BCUT2D eigenvalue weighted by Gasteiger charge is -2.43. The van der Waals surface area contributed by atoms with Gasteiger partial charge >= 0.3 is 5.97 Å². The van der Waals surface area contributed by atoms with Crippen LogP contribution in [0, 0.1) is 0 Å². The molecule has 1 aliphatic carbocycles. The molecule has 1 heterocycles. The minimum Gasteiger partial charge on any atom is -0.465 e. The smallest absolute Gasteiger partial charge is 0.337 e. The number of rotatable bonds is 3. The van der Waals surface area contributed by atoms with Crippen molar-refractivity contribution in [2.75, 3.05) is 18.6 Å². The number of fused-ring (bicyclic) bond motifs is 1. The molecule has 1 fully saturated rings. The number of benzene rings is 2. The molecule has 0 bridgehead atoms. The number of esters is 1. The molecule has 0 spiro atoms. The van der Waals surface area contributed by atoms with Crippen LogP contribution >= 0.6 is 23.5 Å². The normalized spacial score (nSPS) is 21.4. The lowest BCUT2D eigenvalue weighted by atomic mass is 9.63. The van der Waals surface area contributed by atoms with Crippen LogP contribution in [0.5, 0.6) is 0 Å². The molecule has 1 aliphatic heterocycles. The number of hydrogen-bond donors (Lipinski definition) is 0. The molecule has 0 unspecified atom stereocenters. The Labute approximate surface area is 183 Å². The molecule has 1 saturated heterocycles. The van der Waals surface area contributed by atoms with Gasteiger partial charge in [-0.3, -0.25) is 0 Å². The summed E-state index contributed by atoms with van der Waals surface area (Å²) in [6, 6.07) is 15.2. The first kappa shape index (κ1) is 20.9. The van der Waals surface area contributed by atoms with E-state index in [2.05, 4.69) is 58.0 Å². The van der Waals surface area contributed by atoms with Gasteiger partial charge in [0.1, 0.15) is 4.08 Å². The Morgan fingerprint density at radius 2 is 1.38 bits per heavy atom. The predicted octanol–water partition coefficient (Wildman–Crippen LogP) is 6.50. The molecule has 0 N–H and O–H groups in total. The number of carbonyl (C=O) groups is 1. The molecule has 0 radical (unpaired) electrons. The van der Waals surface area contributed by atoms with E-state index in [1.54, 1.807) is 0 Å². The minimum atomic E-state index is -0.282. The van der Waals surface area contributed by atoms with Crippen molar-refractivity contribution in [1.29, 1.82) is 0 Å². The zero-order valence-corrected chi connectivity index (χ0v) is 19.6. The molecule has 2 aromatic rings. The molecular weight excluding hydrogens is 396 g/mol. The molecule has 2 aliphatic rings. The Morgan fingerprint density at radius 1 is 0.828 bits per heavy atom. The van der Waals surface area contributed by atoms with Crippen LogP contribution in [0.4, 0.5) is 0 Å². The number of thioether (sulfide) groups is 2. The summed E-state index contributed by atoms with van der Waals surface area (Å²) in [4.78, 5) is 11.9. The maximum Gasteiger partial charge on any atom is 0.337 e. The van der Waals surface area contributed by atoms with E-state index in [1.165, 1.54) is 42.2 Å². The molecule has 29 heavy (non-hydrogen) atoms. The summed E-state index contributed by atoms with van der Waals surface area (Å²) < 4.78 is 4.76. The van der Waals surface area contributed by atoms with Crippen LogP contribution in [-0.2, 0) is 19.6 Å². The topological polar surface area (TPSA) is 26.3 Å². The molecule has 4 heteroatoms. The molecule has 2 nitrogen and oxygen atoms in total. The van der Waals surface area contributed by atoms with Gasteiger partial charge in [0.2, 0.25) is 0 Å². The third-order valence-electron chi connectivity index (χ3n) is 6.61. The summed E-state index contributed by atoms with van der Waals surface area (Å²) in [5.41, 5.74) is 6.67. The second-order valence-corrected chi connectivity index (χ2v) is 12.3. The van der Waals surface area contributed by atoms with Crippen molar-refractivity contribution in [3.63, 3.8) is 0 Å². The second-order valence-electron chi connectivity index (χ2n) is 9.41. The highest BCUT2D eigenvalue weighted by atomic mass is 32.2. The third kappa shape index (κ3) is 3.53. The molecular formula is C25H30O2S2. The molecule has 154 valence electrons. The van der Waals surface area contributed by atoms with Crippen LogP contribution in [0.25, 0.3) is 0 Å². The predicted molar refractivity (Wildman–Crippen MR) is 125 cm³/mol. The fraction of sp³-hybridized carbons (Fsp3) is 0.480. The Hall–Kier alpha value is -1.39. The highest BCUT2D eigenvalue weighted by molar-refractivity contribution is 8.20. The summed E-state index contributed by atoms with van der Waals surface area (Å²) in [6.45, 7) is 9.53.